The molecule has 1 aliphatic heterocycles. The first kappa shape index (κ1) is 15.0. The number of nitrogens with zero attached hydrogens (tertiary/aromatic N) is 2. The van der Waals surface area contributed by atoms with Crippen molar-refractivity contribution in [3.05, 3.63) is 29.8 Å². The minimum atomic E-state index is -0.206. The Balaban J connectivity index is 1.91. The van der Waals surface area contributed by atoms with Gasteiger partial charge in [-0.05, 0) is 43.0 Å². The van der Waals surface area contributed by atoms with Gasteiger partial charge in [0, 0.05) is 18.7 Å². The number of amides is 2. The predicted octanol–water partition coefficient (Wildman–Crippen LogP) is 2.15. The number of likely N-dealkylation sites (tertiary alicyclic amines) is 1. The summed E-state index contributed by atoms with van der Waals surface area (Å²) < 4.78 is 0. The molecule has 0 aliphatic carbocycles. The summed E-state index contributed by atoms with van der Waals surface area (Å²) >= 11 is 0. The molecule has 1 unspecified atom stereocenters. The number of carbonyl (C=O) groups excluding carboxylic acids is 2. The van der Waals surface area contributed by atoms with E-state index in [1.54, 1.807) is 29.2 Å². The van der Waals surface area contributed by atoms with Crippen LogP contribution >= 0.6 is 0 Å². The number of anilines is 1. The van der Waals surface area contributed by atoms with Crippen LogP contribution in [-0.2, 0) is 9.59 Å². The largest absolute Gasteiger partial charge is 0.333 e. The van der Waals surface area contributed by atoms with Crippen molar-refractivity contribution in [2.45, 2.75) is 26.2 Å². The standard InChI is InChI=1S/C16H19N3O2/c1-12-2-7-16(21)19(9-8-12)11-15(20)18-14-5-3-13(10-17)4-6-14/h3-6,12H,2,7-9,11H2,1H3,(H,18,20). The lowest BCUT2D eigenvalue weighted by atomic mass is 10.0. The van der Waals surface area contributed by atoms with E-state index in [0.717, 1.165) is 12.8 Å². The molecule has 2 amide bonds. The van der Waals surface area contributed by atoms with E-state index in [1.807, 2.05) is 6.07 Å². The highest BCUT2D eigenvalue weighted by Crippen LogP contribution is 2.17. The molecular formula is C16H19N3O2. The molecule has 0 aromatic heterocycles. The number of nitrogens with one attached hydrogen (secondary N) is 1. The number of hydrogen-bond donors (Lipinski definition) is 1. The predicted molar refractivity (Wildman–Crippen MR) is 79.4 cm³/mol. The second-order valence-electron chi connectivity index (χ2n) is 5.49. The fourth-order valence-corrected chi connectivity index (χ4v) is 2.34. The minimum absolute atomic E-state index is 0.0503. The molecule has 110 valence electrons. The van der Waals surface area contributed by atoms with E-state index < -0.39 is 0 Å². The van der Waals surface area contributed by atoms with E-state index in [1.165, 1.54) is 0 Å². The molecule has 5 heteroatoms. The Hall–Kier alpha value is -2.35. The van der Waals surface area contributed by atoms with Gasteiger partial charge in [-0.3, -0.25) is 9.59 Å². The van der Waals surface area contributed by atoms with Gasteiger partial charge < -0.3 is 10.2 Å². The summed E-state index contributed by atoms with van der Waals surface area (Å²) in [7, 11) is 0. The van der Waals surface area contributed by atoms with Crippen LogP contribution < -0.4 is 5.32 Å². The molecule has 5 nitrogen and oxygen atoms in total. The van der Waals surface area contributed by atoms with Gasteiger partial charge in [0.15, 0.2) is 0 Å². The van der Waals surface area contributed by atoms with E-state index in [9.17, 15) is 9.59 Å². The van der Waals surface area contributed by atoms with E-state index in [0.29, 0.717) is 30.1 Å². The van der Waals surface area contributed by atoms with Crippen molar-refractivity contribution in [1.82, 2.24) is 4.90 Å². The molecule has 1 N–H and O–H groups in total. The molecule has 1 fully saturated rings. The van der Waals surface area contributed by atoms with Gasteiger partial charge in [-0.1, -0.05) is 6.92 Å². The second-order valence-corrected chi connectivity index (χ2v) is 5.49. The zero-order valence-corrected chi connectivity index (χ0v) is 12.1. The molecule has 0 radical (unpaired) electrons. The van der Waals surface area contributed by atoms with Crippen LogP contribution in [0.1, 0.15) is 31.7 Å². The maximum Gasteiger partial charge on any atom is 0.243 e. The fraction of sp³-hybridized carbons (Fsp3) is 0.438. The fourth-order valence-electron chi connectivity index (χ4n) is 2.34. The highest BCUT2D eigenvalue weighted by atomic mass is 16.2. The third-order valence-electron chi connectivity index (χ3n) is 3.73. The van der Waals surface area contributed by atoms with Crippen LogP contribution in [0.3, 0.4) is 0 Å². The van der Waals surface area contributed by atoms with Gasteiger partial charge >= 0.3 is 0 Å². The summed E-state index contributed by atoms with van der Waals surface area (Å²) in [5, 5.41) is 11.5. The van der Waals surface area contributed by atoms with Crippen molar-refractivity contribution >= 4 is 17.5 Å². The molecule has 1 saturated heterocycles. The Morgan fingerprint density at radius 3 is 2.76 bits per heavy atom. The lowest BCUT2D eigenvalue weighted by Gasteiger charge is -2.20. The quantitative estimate of drug-likeness (QED) is 0.924. The van der Waals surface area contributed by atoms with Crippen molar-refractivity contribution in [2.75, 3.05) is 18.4 Å². The Labute approximate surface area is 124 Å². The zero-order chi connectivity index (χ0) is 15.2. The van der Waals surface area contributed by atoms with E-state index in [4.69, 9.17) is 5.26 Å². The third-order valence-corrected chi connectivity index (χ3v) is 3.73. The average Bonchev–Trinajstić information content (AvgIpc) is 2.63. The van der Waals surface area contributed by atoms with Gasteiger partial charge in [-0.25, -0.2) is 0 Å². The van der Waals surface area contributed by atoms with Gasteiger partial charge in [0.1, 0.15) is 0 Å². The Morgan fingerprint density at radius 2 is 2.10 bits per heavy atom. The Morgan fingerprint density at radius 1 is 1.38 bits per heavy atom. The first-order chi connectivity index (χ1) is 10.1. The van der Waals surface area contributed by atoms with Gasteiger partial charge in [0.2, 0.25) is 11.8 Å². The molecule has 1 heterocycles. The van der Waals surface area contributed by atoms with Gasteiger partial charge in [0.25, 0.3) is 0 Å². The lowest BCUT2D eigenvalue weighted by molar-refractivity contribution is -0.134. The summed E-state index contributed by atoms with van der Waals surface area (Å²) in [5.41, 5.74) is 1.18. The summed E-state index contributed by atoms with van der Waals surface area (Å²) in [6.45, 7) is 2.86. The lowest BCUT2D eigenvalue weighted by Crippen LogP contribution is -2.37. The summed E-state index contributed by atoms with van der Waals surface area (Å²) in [5.74, 6) is 0.373. The van der Waals surface area contributed by atoms with Crippen molar-refractivity contribution in [1.29, 1.82) is 5.26 Å². The zero-order valence-electron chi connectivity index (χ0n) is 12.1. The number of nitriles is 1. The van der Waals surface area contributed by atoms with Crippen LogP contribution in [0.25, 0.3) is 0 Å². The van der Waals surface area contributed by atoms with E-state index in [2.05, 4.69) is 12.2 Å². The third kappa shape index (κ3) is 4.32. The van der Waals surface area contributed by atoms with Gasteiger partial charge in [0.05, 0.1) is 18.2 Å². The van der Waals surface area contributed by atoms with Crippen LogP contribution in [0.4, 0.5) is 5.69 Å². The molecule has 21 heavy (non-hydrogen) atoms. The Kier molecular flexibility index (Phi) is 4.94. The smallest absolute Gasteiger partial charge is 0.243 e. The SMILES string of the molecule is CC1CCC(=O)N(CC(=O)Nc2ccc(C#N)cc2)CC1. The number of hydrogen-bond acceptors (Lipinski definition) is 3. The van der Waals surface area contributed by atoms with Crippen LogP contribution in [-0.4, -0.2) is 29.8 Å². The first-order valence-electron chi connectivity index (χ1n) is 7.16. The molecular weight excluding hydrogens is 266 g/mol. The van der Waals surface area contributed by atoms with Gasteiger partial charge in [-0.2, -0.15) is 5.26 Å². The average molecular weight is 285 g/mol. The van der Waals surface area contributed by atoms with Crippen LogP contribution in [0.5, 0.6) is 0 Å². The molecule has 1 atom stereocenters. The summed E-state index contributed by atoms with van der Waals surface area (Å²) in [6.07, 6.45) is 2.35. The van der Waals surface area contributed by atoms with Crippen LogP contribution in [0, 0.1) is 17.2 Å². The molecule has 0 saturated carbocycles. The molecule has 2 rings (SSSR count). The second kappa shape index (κ2) is 6.89. The molecule has 1 aromatic rings. The Bertz CT molecular complexity index is 560. The van der Waals surface area contributed by atoms with E-state index >= 15 is 0 Å². The highest BCUT2D eigenvalue weighted by molar-refractivity contribution is 5.94. The topological polar surface area (TPSA) is 73.2 Å². The van der Waals surface area contributed by atoms with Crippen molar-refractivity contribution in [3.8, 4) is 6.07 Å². The number of rotatable bonds is 3. The van der Waals surface area contributed by atoms with Crippen LogP contribution in [0.15, 0.2) is 24.3 Å². The number of carbonyl (C=O) groups is 2. The van der Waals surface area contributed by atoms with Crippen molar-refractivity contribution in [2.24, 2.45) is 5.92 Å². The number of benzene rings is 1. The maximum absolute atomic E-state index is 12.0. The van der Waals surface area contributed by atoms with Gasteiger partial charge in [-0.15, -0.1) is 0 Å². The molecule has 0 bridgehead atoms. The molecule has 0 spiro atoms. The van der Waals surface area contributed by atoms with Crippen LogP contribution in [0.2, 0.25) is 0 Å². The first-order valence-corrected chi connectivity index (χ1v) is 7.16. The van der Waals surface area contributed by atoms with E-state index in [-0.39, 0.29) is 18.4 Å². The maximum atomic E-state index is 12.0. The molecule has 1 aromatic carbocycles. The molecule has 1 aliphatic rings. The van der Waals surface area contributed by atoms with Crippen molar-refractivity contribution in [3.63, 3.8) is 0 Å². The highest BCUT2D eigenvalue weighted by Gasteiger charge is 2.22. The van der Waals surface area contributed by atoms with Crippen molar-refractivity contribution < 1.29 is 9.59 Å². The normalized spacial score (nSPS) is 18.8. The summed E-state index contributed by atoms with van der Waals surface area (Å²) in [6, 6.07) is 8.69. The monoisotopic (exact) mass is 285 g/mol. The minimum Gasteiger partial charge on any atom is -0.333 e. The summed E-state index contributed by atoms with van der Waals surface area (Å²) in [4.78, 5) is 25.6.